The molecular formula is C30H66N4. The molecule has 4 heteroatoms. The van der Waals surface area contributed by atoms with Crippen molar-refractivity contribution in [1.29, 1.82) is 0 Å². The SMILES string of the molecule is CCN(CC)CCCCCCN(CC)CCCCCCN(CC)CCCCCCN(CC)CC. The van der Waals surface area contributed by atoms with Crippen molar-refractivity contribution in [1.82, 2.24) is 19.6 Å². The first-order chi connectivity index (χ1) is 16.6. The zero-order chi connectivity index (χ0) is 25.3. The van der Waals surface area contributed by atoms with Gasteiger partial charge in [-0.2, -0.15) is 0 Å². The summed E-state index contributed by atoms with van der Waals surface area (Å²) in [5, 5.41) is 0. The van der Waals surface area contributed by atoms with E-state index in [2.05, 4.69) is 61.1 Å². The number of hydrogen-bond acceptors (Lipinski definition) is 4. The lowest BCUT2D eigenvalue weighted by atomic mass is 10.1. The van der Waals surface area contributed by atoms with E-state index in [-0.39, 0.29) is 0 Å². The molecule has 0 fully saturated rings. The van der Waals surface area contributed by atoms with Crippen molar-refractivity contribution in [2.24, 2.45) is 0 Å². The Labute approximate surface area is 216 Å². The van der Waals surface area contributed by atoms with Crippen molar-refractivity contribution in [3.05, 3.63) is 0 Å². The van der Waals surface area contributed by atoms with Gasteiger partial charge in [-0.05, 0) is 117 Å². The summed E-state index contributed by atoms with van der Waals surface area (Å²) in [6.07, 6.45) is 16.7. The Morgan fingerprint density at radius 2 is 0.412 bits per heavy atom. The molecule has 0 atom stereocenters. The Bertz CT molecular complexity index is 346. The Morgan fingerprint density at radius 3 is 0.588 bits per heavy atom. The minimum absolute atomic E-state index is 1.20. The third-order valence-electron chi connectivity index (χ3n) is 7.78. The minimum Gasteiger partial charge on any atom is -0.304 e. The largest absolute Gasteiger partial charge is 0.304 e. The van der Waals surface area contributed by atoms with E-state index < -0.39 is 0 Å². The Hall–Kier alpha value is -0.160. The van der Waals surface area contributed by atoms with Crippen LogP contribution < -0.4 is 0 Å². The summed E-state index contributed by atoms with van der Waals surface area (Å²) >= 11 is 0. The fraction of sp³-hybridized carbons (Fsp3) is 1.00. The molecule has 0 spiro atoms. The van der Waals surface area contributed by atoms with Crippen LogP contribution in [0, 0.1) is 0 Å². The van der Waals surface area contributed by atoms with Crippen molar-refractivity contribution in [2.45, 2.75) is 119 Å². The molecule has 0 saturated heterocycles. The van der Waals surface area contributed by atoms with Gasteiger partial charge in [-0.15, -0.1) is 0 Å². The zero-order valence-corrected chi connectivity index (χ0v) is 24.8. The van der Waals surface area contributed by atoms with Gasteiger partial charge in [0.1, 0.15) is 0 Å². The lowest BCUT2D eigenvalue weighted by Crippen LogP contribution is -2.26. The maximum atomic E-state index is 2.68. The predicted octanol–water partition coefficient (Wildman–Crippen LogP) is 7.00. The predicted molar refractivity (Wildman–Crippen MR) is 155 cm³/mol. The third kappa shape index (κ3) is 20.1. The smallest absolute Gasteiger partial charge is 0.00189 e. The Kier molecular flexibility index (Phi) is 25.8. The van der Waals surface area contributed by atoms with Gasteiger partial charge in [0.25, 0.3) is 0 Å². The van der Waals surface area contributed by atoms with E-state index in [4.69, 9.17) is 0 Å². The average Bonchev–Trinajstić information content (AvgIpc) is 2.87. The highest BCUT2D eigenvalue weighted by atomic mass is 15.1. The first-order valence-corrected chi connectivity index (χ1v) is 15.5. The maximum absolute atomic E-state index is 2.68. The molecule has 0 saturated carbocycles. The van der Waals surface area contributed by atoms with E-state index in [0.717, 1.165) is 0 Å². The average molecular weight is 483 g/mol. The van der Waals surface area contributed by atoms with E-state index in [0.29, 0.717) is 0 Å². The molecule has 0 rings (SSSR count). The van der Waals surface area contributed by atoms with Crippen LogP contribution in [-0.4, -0.2) is 98.1 Å². The number of hydrogen-bond donors (Lipinski definition) is 0. The summed E-state index contributed by atoms with van der Waals surface area (Å²) in [6, 6.07) is 0. The molecule has 0 aromatic rings. The standard InChI is InChI=1S/C30H66N4/c1-7-31(8-2)25-19-13-15-21-27-33(11-5)29-23-17-18-24-30-34(12-6)28-22-16-14-20-26-32(9-3)10-4/h7-30H2,1-6H3. The van der Waals surface area contributed by atoms with Crippen LogP contribution in [0.3, 0.4) is 0 Å². The summed E-state index contributed by atoms with van der Waals surface area (Å²) in [7, 11) is 0. The van der Waals surface area contributed by atoms with Gasteiger partial charge in [0.2, 0.25) is 0 Å². The third-order valence-corrected chi connectivity index (χ3v) is 7.78. The van der Waals surface area contributed by atoms with Gasteiger partial charge in [-0.25, -0.2) is 0 Å². The summed E-state index contributed by atoms with van der Waals surface area (Å²) in [5.74, 6) is 0. The fourth-order valence-corrected chi connectivity index (χ4v) is 5.01. The van der Waals surface area contributed by atoms with Crippen LogP contribution in [0.25, 0.3) is 0 Å². The van der Waals surface area contributed by atoms with E-state index in [9.17, 15) is 0 Å². The van der Waals surface area contributed by atoms with Crippen LogP contribution in [-0.2, 0) is 0 Å². The summed E-state index contributed by atoms with van der Waals surface area (Å²) in [6.45, 7) is 28.8. The first kappa shape index (κ1) is 33.8. The molecule has 4 nitrogen and oxygen atoms in total. The second-order valence-electron chi connectivity index (χ2n) is 10.2. The molecule has 0 aliphatic rings. The molecule has 0 heterocycles. The van der Waals surface area contributed by atoms with Crippen LogP contribution >= 0.6 is 0 Å². The van der Waals surface area contributed by atoms with Crippen molar-refractivity contribution >= 4 is 0 Å². The minimum atomic E-state index is 1.20. The molecule has 0 bridgehead atoms. The normalized spacial score (nSPS) is 12.2. The van der Waals surface area contributed by atoms with Crippen LogP contribution in [0.4, 0.5) is 0 Å². The molecular weight excluding hydrogens is 416 g/mol. The second-order valence-corrected chi connectivity index (χ2v) is 10.2. The van der Waals surface area contributed by atoms with Crippen LogP contribution in [0.2, 0.25) is 0 Å². The molecule has 34 heavy (non-hydrogen) atoms. The first-order valence-electron chi connectivity index (χ1n) is 15.5. The number of unbranched alkanes of at least 4 members (excludes halogenated alkanes) is 9. The van der Waals surface area contributed by atoms with Crippen molar-refractivity contribution in [3.8, 4) is 0 Å². The van der Waals surface area contributed by atoms with Gasteiger partial charge in [0, 0.05) is 0 Å². The van der Waals surface area contributed by atoms with Gasteiger partial charge in [-0.1, -0.05) is 80.1 Å². The highest BCUT2D eigenvalue weighted by Gasteiger charge is 2.05. The monoisotopic (exact) mass is 483 g/mol. The van der Waals surface area contributed by atoms with Crippen molar-refractivity contribution in [3.63, 3.8) is 0 Å². The van der Waals surface area contributed by atoms with Gasteiger partial charge in [0.15, 0.2) is 0 Å². The topological polar surface area (TPSA) is 13.0 Å². The summed E-state index contributed by atoms with van der Waals surface area (Å²) in [4.78, 5) is 10.5. The Morgan fingerprint density at radius 1 is 0.235 bits per heavy atom. The molecule has 0 aliphatic heterocycles. The second kappa shape index (κ2) is 25.9. The fourth-order valence-electron chi connectivity index (χ4n) is 5.01. The van der Waals surface area contributed by atoms with Gasteiger partial charge in [0.05, 0.1) is 0 Å². The molecule has 206 valence electrons. The van der Waals surface area contributed by atoms with E-state index in [1.807, 2.05) is 0 Å². The molecule has 0 radical (unpaired) electrons. The van der Waals surface area contributed by atoms with Crippen molar-refractivity contribution in [2.75, 3.05) is 78.5 Å². The molecule has 0 amide bonds. The number of nitrogens with zero attached hydrogens (tertiary/aromatic N) is 4. The molecule has 0 aliphatic carbocycles. The molecule has 0 N–H and O–H groups in total. The van der Waals surface area contributed by atoms with Crippen LogP contribution in [0.15, 0.2) is 0 Å². The highest BCUT2D eigenvalue weighted by Crippen LogP contribution is 2.08. The van der Waals surface area contributed by atoms with Crippen LogP contribution in [0.5, 0.6) is 0 Å². The van der Waals surface area contributed by atoms with Crippen molar-refractivity contribution < 1.29 is 0 Å². The zero-order valence-electron chi connectivity index (χ0n) is 24.8. The molecule has 0 unspecified atom stereocenters. The maximum Gasteiger partial charge on any atom is -0.00189 e. The Balaban J connectivity index is 3.63. The molecule has 0 aromatic heterocycles. The van der Waals surface area contributed by atoms with Gasteiger partial charge in [-0.3, -0.25) is 0 Å². The lowest BCUT2D eigenvalue weighted by molar-refractivity contribution is 0.259. The van der Waals surface area contributed by atoms with Crippen LogP contribution in [0.1, 0.15) is 119 Å². The van der Waals surface area contributed by atoms with E-state index in [1.54, 1.807) is 0 Å². The van der Waals surface area contributed by atoms with Gasteiger partial charge < -0.3 is 19.6 Å². The summed E-state index contributed by atoms with van der Waals surface area (Å²) < 4.78 is 0. The van der Waals surface area contributed by atoms with E-state index >= 15 is 0 Å². The quantitative estimate of drug-likeness (QED) is 0.117. The summed E-state index contributed by atoms with van der Waals surface area (Å²) in [5.41, 5.74) is 0. The van der Waals surface area contributed by atoms with E-state index in [1.165, 1.54) is 156 Å². The lowest BCUT2D eigenvalue weighted by Gasteiger charge is -2.22. The highest BCUT2D eigenvalue weighted by molar-refractivity contribution is 4.61. The van der Waals surface area contributed by atoms with Gasteiger partial charge >= 0.3 is 0 Å². The molecule has 0 aromatic carbocycles. The number of rotatable bonds is 27.